The molecule has 0 saturated carbocycles. The third-order valence-corrected chi connectivity index (χ3v) is 3.64. The quantitative estimate of drug-likeness (QED) is 0.906. The van der Waals surface area contributed by atoms with E-state index >= 15 is 0 Å². The van der Waals surface area contributed by atoms with Crippen molar-refractivity contribution in [3.63, 3.8) is 0 Å². The van der Waals surface area contributed by atoms with Crippen molar-refractivity contribution in [3.05, 3.63) is 35.9 Å². The van der Waals surface area contributed by atoms with Crippen molar-refractivity contribution in [2.24, 2.45) is 5.41 Å². The molecule has 2 atom stereocenters. The molecule has 19 heavy (non-hydrogen) atoms. The van der Waals surface area contributed by atoms with Gasteiger partial charge in [-0.1, -0.05) is 51.1 Å². The summed E-state index contributed by atoms with van der Waals surface area (Å²) in [5.74, 6) is 0.197. The van der Waals surface area contributed by atoms with Crippen LogP contribution >= 0.6 is 0 Å². The summed E-state index contributed by atoms with van der Waals surface area (Å²) in [4.78, 5) is 14.5. The predicted molar refractivity (Wildman–Crippen MR) is 77.6 cm³/mol. The van der Waals surface area contributed by atoms with E-state index in [0.29, 0.717) is 0 Å². The topological polar surface area (TPSA) is 32.3 Å². The standard InChI is InChI=1S/C16H24N2O/c1-12-17-14(13-8-6-5-7-9-13)15(19)18(12)11-10-16(2,3)4/h5-9,12,14,17H,10-11H2,1-4H3. The van der Waals surface area contributed by atoms with Crippen molar-refractivity contribution in [2.75, 3.05) is 6.54 Å². The van der Waals surface area contributed by atoms with E-state index in [-0.39, 0.29) is 23.5 Å². The summed E-state index contributed by atoms with van der Waals surface area (Å²) >= 11 is 0. The molecule has 3 nitrogen and oxygen atoms in total. The normalized spacial score (nSPS) is 24.0. The summed E-state index contributed by atoms with van der Waals surface area (Å²) in [6.45, 7) is 9.50. The van der Waals surface area contributed by atoms with Crippen LogP contribution in [0, 0.1) is 5.41 Å². The molecule has 1 fully saturated rings. The summed E-state index contributed by atoms with van der Waals surface area (Å²) in [7, 11) is 0. The van der Waals surface area contributed by atoms with Crippen LogP contribution in [-0.2, 0) is 4.79 Å². The molecule has 1 heterocycles. The van der Waals surface area contributed by atoms with Crippen LogP contribution in [0.4, 0.5) is 0 Å². The van der Waals surface area contributed by atoms with Gasteiger partial charge in [0.25, 0.3) is 0 Å². The molecule has 0 spiro atoms. The minimum absolute atomic E-state index is 0.111. The Kier molecular flexibility index (Phi) is 3.95. The molecule has 2 rings (SSSR count). The van der Waals surface area contributed by atoms with E-state index in [1.165, 1.54) is 0 Å². The molecule has 3 heteroatoms. The third-order valence-electron chi connectivity index (χ3n) is 3.64. The average molecular weight is 260 g/mol. The lowest BCUT2D eigenvalue weighted by atomic mass is 9.92. The summed E-state index contributed by atoms with van der Waals surface area (Å²) in [6.07, 6.45) is 1.13. The highest BCUT2D eigenvalue weighted by Gasteiger charge is 2.37. The van der Waals surface area contributed by atoms with E-state index in [9.17, 15) is 4.79 Å². The van der Waals surface area contributed by atoms with Gasteiger partial charge in [-0.3, -0.25) is 10.1 Å². The number of nitrogens with one attached hydrogen (secondary N) is 1. The number of hydrogen-bond donors (Lipinski definition) is 1. The van der Waals surface area contributed by atoms with Crippen LogP contribution in [0.5, 0.6) is 0 Å². The molecule has 0 radical (unpaired) electrons. The van der Waals surface area contributed by atoms with E-state index in [1.54, 1.807) is 0 Å². The fraction of sp³-hybridized carbons (Fsp3) is 0.562. The van der Waals surface area contributed by atoms with E-state index in [1.807, 2.05) is 35.2 Å². The van der Waals surface area contributed by atoms with Crippen LogP contribution in [0.2, 0.25) is 0 Å². The molecule has 1 aromatic carbocycles. The van der Waals surface area contributed by atoms with Crippen LogP contribution < -0.4 is 5.32 Å². The summed E-state index contributed by atoms with van der Waals surface area (Å²) in [6, 6.07) is 9.77. The SMILES string of the molecule is CC1NC(c2ccccc2)C(=O)N1CCC(C)(C)C. The van der Waals surface area contributed by atoms with Gasteiger partial charge in [0.15, 0.2) is 0 Å². The Labute approximate surface area is 116 Å². The lowest BCUT2D eigenvalue weighted by molar-refractivity contribution is -0.130. The maximum Gasteiger partial charge on any atom is 0.245 e. The van der Waals surface area contributed by atoms with E-state index in [4.69, 9.17) is 0 Å². The minimum atomic E-state index is -0.184. The number of amides is 1. The van der Waals surface area contributed by atoms with Crippen LogP contribution in [0.3, 0.4) is 0 Å². The van der Waals surface area contributed by atoms with Crippen LogP contribution in [0.15, 0.2) is 30.3 Å². The van der Waals surface area contributed by atoms with Gasteiger partial charge in [0, 0.05) is 6.54 Å². The third kappa shape index (κ3) is 3.35. The van der Waals surface area contributed by atoms with Crippen molar-refractivity contribution >= 4 is 5.91 Å². The van der Waals surface area contributed by atoms with Crippen LogP contribution in [0.25, 0.3) is 0 Å². The van der Waals surface area contributed by atoms with Gasteiger partial charge in [-0.2, -0.15) is 0 Å². The lowest BCUT2D eigenvalue weighted by Gasteiger charge is -2.26. The first-order chi connectivity index (χ1) is 8.88. The molecule has 1 saturated heterocycles. The maximum atomic E-state index is 12.5. The Morgan fingerprint density at radius 2 is 1.84 bits per heavy atom. The molecule has 2 unspecified atom stereocenters. The van der Waals surface area contributed by atoms with Gasteiger partial charge in [0.05, 0.1) is 6.17 Å². The monoisotopic (exact) mass is 260 g/mol. The smallest absolute Gasteiger partial charge is 0.245 e. The van der Waals surface area contributed by atoms with Gasteiger partial charge in [0.1, 0.15) is 6.04 Å². The van der Waals surface area contributed by atoms with Crippen molar-refractivity contribution < 1.29 is 4.79 Å². The second-order valence-electron chi connectivity index (χ2n) is 6.53. The molecule has 1 aromatic rings. The second kappa shape index (κ2) is 5.33. The molecular formula is C16H24N2O. The number of benzene rings is 1. The average Bonchev–Trinajstić information content (AvgIpc) is 2.63. The Hall–Kier alpha value is -1.35. The molecule has 104 valence electrons. The van der Waals surface area contributed by atoms with Gasteiger partial charge in [0.2, 0.25) is 5.91 Å². The highest BCUT2D eigenvalue weighted by atomic mass is 16.2. The zero-order valence-electron chi connectivity index (χ0n) is 12.3. The maximum absolute atomic E-state index is 12.5. The zero-order valence-corrected chi connectivity index (χ0v) is 12.3. The molecule has 1 N–H and O–H groups in total. The van der Waals surface area contributed by atoms with Gasteiger partial charge < -0.3 is 4.90 Å². The fourth-order valence-corrected chi connectivity index (χ4v) is 2.40. The molecule has 1 aliphatic rings. The zero-order chi connectivity index (χ0) is 14.0. The Bertz CT molecular complexity index is 436. The van der Waals surface area contributed by atoms with Crippen molar-refractivity contribution in [1.82, 2.24) is 10.2 Å². The highest BCUT2D eigenvalue weighted by Crippen LogP contribution is 2.26. The number of carbonyl (C=O) groups is 1. The van der Waals surface area contributed by atoms with Gasteiger partial charge in [-0.15, -0.1) is 0 Å². The number of rotatable bonds is 3. The number of nitrogens with zero attached hydrogens (tertiary/aromatic N) is 1. The molecular weight excluding hydrogens is 236 g/mol. The van der Waals surface area contributed by atoms with E-state index in [0.717, 1.165) is 18.5 Å². The fourth-order valence-electron chi connectivity index (χ4n) is 2.40. The van der Waals surface area contributed by atoms with Crippen molar-refractivity contribution in [2.45, 2.75) is 46.3 Å². The van der Waals surface area contributed by atoms with E-state index < -0.39 is 0 Å². The lowest BCUT2D eigenvalue weighted by Crippen LogP contribution is -2.36. The van der Waals surface area contributed by atoms with Crippen molar-refractivity contribution in [1.29, 1.82) is 0 Å². The summed E-state index contributed by atoms with van der Waals surface area (Å²) < 4.78 is 0. The molecule has 0 bridgehead atoms. The first-order valence-electron chi connectivity index (χ1n) is 7.00. The van der Waals surface area contributed by atoms with Crippen LogP contribution in [0.1, 0.15) is 45.7 Å². The van der Waals surface area contributed by atoms with E-state index in [2.05, 4.69) is 33.0 Å². The summed E-state index contributed by atoms with van der Waals surface area (Å²) in [5, 5.41) is 3.38. The highest BCUT2D eigenvalue weighted by molar-refractivity contribution is 5.85. The van der Waals surface area contributed by atoms with Gasteiger partial charge in [-0.25, -0.2) is 0 Å². The second-order valence-corrected chi connectivity index (χ2v) is 6.53. The first-order valence-corrected chi connectivity index (χ1v) is 7.00. The Morgan fingerprint density at radius 1 is 1.21 bits per heavy atom. The Morgan fingerprint density at radius 3 is 2.42 bits per heavy atom. The predicted octanol–water partition coefficient (Wildman–Crippen LogP) is 2.94. The minimum Gasteiger partial charge on any atom is -0.326 e. The largest absolute Gasteiger partial charge is 0.326 e. The van der Waals surface area contributed by atoms with Gasteiger partial charge in [-0.05, 0) is 24.3 Å². The Balaban J connectivity index is 2.06. The van der Waals surface area contributed by atoms with Gasteiger partial charge >= 0.3 is 0 Å². The molecule has 1 aliphatic heterocycles. The van der Waals surface area contributed by atoms with Crippen molar-refractivity contribution in [3.8, 4) is 0 Å². The van der Waals surface area contributed by atoms with Crippen LogP contribution in [-0.4, -0.2) is 23.5 Å². The summed E-state index contributed by atoms with van der Waals surface area (Å²) in [5.41, 5.74) is 1.31. The molecule has 0 aliphatic carbocycles. The molecule has 1 amide bonds. The molecule has 0 aromatic heterocycles. The first kappa shape index (κ1) is 14.1. The number of carbonyl (C=O) groups excluding carboxylic acids is 1. The number of hydrogen-bond acceptors (Lipinski definition) is 2.